The monoisotopic (exact) mass is 279 g/mol. The molecule has 0 aliphatic rings. The van der Waals surface area contributed by atoms with Crippen LogP contribution in [-0.4, -0.2) is 22.2 Å². The Kier molecular flexibility index (Phi) is 5.02. The van der Waals surface area contributed by atoms with Crippen LogP contribution < -0.4 is 5.32 Å². The number of hydrogen-bond donors (Lipinski definition) is 3. The van der Waals surface area contributed by atoms with E-state index in [1.807, 2.05) is 0 Å². The molecule has 0 atom stereocenters. The van der Waals surface area contributed by atoms with E-state index in [-0.39, 0.29) is 11.4 Å². The Balaban J connectivity index is 3.05. The molecule has 1 aromatic rings. The van der Waals surface area contributed by atoms with E-state index >= 15 is 0 Å². The number of hydrogen-bond acceptors (Lipinski definition) is 3. The van der Waals surface area contributed by atoms with Gasteiger partial charge in [0.05, 0.1) is 5.57 Å². The average Bonchev–Trinajstić information content (AvgIpc) is 2.30. The summed E-state index contributed by atoms with van der Waals surface area (Å²) in [6, 6.07) is 2.63. The highest BCUT2D eigenvalue weighted by atomic mass is 19.1. The van der Waals surface area contributed by atoms with Crippen molar-refractivity contribution >= 4 is 17.6 Å². The van der Waals surface area contributed by atoms with Crippen molar-refractivity contribution in [2.45, 2.75) is 13.8 Å². The minimum atomic E-state index is -1.27. The molecule has 0 saturated heterocycles. The number of halogens is 1. The number of rotatable bonds is 5. The summed E-state index contributed by atoms with van der Waals surface area (Å²) in [5.41, 5.74) is 1.58. The van der Waals surface area contributed by atoms with Crippen LogP contribution in [0.2, 0.25) is 0 Å². The highest BCUT2D eigenvalue weighted by molar-refractivity contribution is 5.92. The van der Waals surface area contributed by atoms with Gasteiger partial charge in [-0.3, -0.25) is 0 Å². The van der Waals surface area contributed by atoms with Crippen molar-refractivity contribution < 1.29 is 24.2 Å². The van der Waals surface area contributed by atoms with Crippen LogP contribution in [0.1, 0.15) is 11.1 Å². The molecule has 1 aromatic carbocycles. The molecule has 106 valence electrons. The smallest absolute Gasteiger partial charge is 0.337 e. The zero-order valence-electron chi connectivity index (χ0n) is 11.0. The first kappa shape index (κ1) is 15.4. The van der Waals surface area contributed by atoms with Gasteiger partial charge in [0, 0.05) is 18.0 Å². The topological polar surface area (TPSA) is 86.6 Å². The summed E-state index contributed by atoms with van der Waals surface area (Å²) >= 11 is 0. The molecule has 0 amide bonds. The maximum atomic E-state index is 13.1. The largest absolute Gasteiger partial charge is 0.478 e. The number of carboxylic acids is 2. The molecule has 1 rings (SSSR count). The first-order valence-electron chi connectivity index (χ1n) is 5.69. The number of carboxylic acid groups (broad SMARTS) is 2. The van der Waals surface area contributed by atoms with Crippen LogP contribution in [-0.2, 0) is 9.59 Å². The van der Waals surface area contributed by atoms with Crippen LogP contribution in [0, 0.1) is 19.7 Å². The van der Waals surface area contributed by atoms with E-state index < -0.39 is 11.9 Å². The first-order valence-corrected chi connectivity index (χ1v) is 5.69. The molecule has 6 heteroatoms. The van der Waals surface area contributed by atoms with Gasteiger partial charge in [0.2, 0.25) is 0 Å². The fraction of sp³-hybridized carbons (Fsp3) is 0.143. The number of anilines is 1. The van der Waals surface area contributed by atoms with Crippen molar-refractivity contribution in [3.63, 3.8) is 0 Å². The summed E-state index contributed by atoms with van der Waals surface area (Å²) in [4.78, 5) is 21.3. The van der Waals surface area contributed by atoms with E-state index in [1.165, 1.54) is 12.1 Å². The van der Waals surface area contributed by atoms with Crippen LogP contribution in [0.5, 0.6) is 0 Å². The van der Waals surface area contributed by atoms with Gasteiger partial charge < -0.3 is 15.5 Å². The summed E-state index contributed by atoms with van der Waals surface area (Å²) in [6.45, 7) is 3.36. The third kappa shape index (κ3) is 4.24. The van der Waals surface area contributed by atoms with Crippen LogP contribution in [0.15, 0.2) is 36.1 Å². The Labute approximate surface area is 115 Å². The lowest BCUT2D eigenvalue weighted by atomic mass is 10.1. The number of carbonyl (C=O) groups is 2. The minimum absolute atomic E-state index is 0.226. The summed E-state index contributed by atoms with van der Waals surface area (Å²) in [6.07, 6.45) is 2.85. The highest BCUT2D eigenvalue weighted by Crippen LogP contribution is 2.21. The lowest BCUT2D eigenvalue weighted by molar-refractivity contribution is -0.132. The Bertz CT molecular complexity index is 582. The first-order chi connectivity index (χ1) is 9.31. The predicted molar refractivity (Wildman–Crippen MR) is 72.0 cm³/mol. The van der Waals surface area contributed by atoms with Crippen LogP contribution in [0.25, 0.3) is 0 Å². The van der Waals surface area contributed by atoms with Crippen molar-refractivity contribution in [2.24, 2.45) is 0 Å². The molecule has 20 heavy (non-hydrogen) atoms. The SMILES string of the molecule is Cc1cc(F)cc(C)c1NC=C(/C=C/C(=O)O)C(=O)O. The van der Waals surface area contributed by atoms with E-state index in [0.717, 1.165) is 18.4 Å². The van der Waals surface area contributed by atoms with E-state index in [1.54, 1.807) is 13.8 Å². The molecule has 0 heterocycles. The quantitative estimate of drug-likeness (QED) is 0.569. The molecule has 0 radical (unpaired) electrons. The average molecular weight is 279 g/mol. The lowest BCUT2D eigenvalue weighted by Crippen LogP contribution is -2.03. The predicted octanol–water partition coefficient (Wildman–Crippen LogP) is 2.46. The normalized spacial score (nSPS) is 11.7. The van der Waals surface area contributed by atoms with E-state index in [4.69, 9.17) is 10.2 Å². The number of benzene rings is 1. The Hall–Kier alpha value is -2.63. The van der Waals surface area contributed by atoms with Crippen LogP contribution in [0.4, 0.5) is 10.1 Å². The molecule has 0 bridgehead atoms. The van der Waals surface area contributed by atoms with E-state index in [9.17, 15) is 14.0 Å². The summed E-state index contributed by atoms with van der Waals surface area (Å²) in [5.74, 6) is -2.89. The van der Waals surface area contributed by atoms with Crippen molar-refractivity contribution in [1.29, 1.82) is 0 Å². The third-order valence-electron chi connectivity index (χ3n) is 2.52. The number of nitrogens with one attached hydrogen (secondary N) is 1. The maximum Gasteiger partial charge on any atom is 0.337 e. The van der Waals surface area contributed by atoms with E-state index in [2.05, 4.69) is 5.32 Å². The number of aliphatic carboxylic acids is 2. The minimum Gasteiger partial charge on any atom is -0.478 e. The Morgan fingerprint density at radius 3 is 2.15 bits per heavy atom. The van der Waals surface area contributed by atoms with Crippen molar-refractivity contribution in [3.8, 4) is 0 Å². The molecule has 0 aromatic heterocycles. The van der Waals surface area contributed by atoms with Gasteiger partial charge in [-0.1, -0.05) is 0 Å². The second-order valence-corrected chi connectivity index (χ2v) is 4.14. The standard InChI is InChI=1S/C14H14FNO4/c1-8-5-11(15)6-9(2)13(8)16-7-10(14(19)20)3-4-12(17)18/h3-7,16H,1-2H3,(H,17,18)(H,19,20)/b4-3+,10-7?. The Morgan fingerprint density at radius 2 is 1.70 bits per heavy atom. The van der Waals surface area contributed by atoms with Crippen molar-refractivity contribution in [1.82, 2.24) is 0 Å². The van der Waals surface area contributed by atoms with Gasteiger partial charge in [-0.05, 0) is 43.2 Å². The van der Waals surface area contributed by atoms with Gasteiger partial charge in [0.25, 0.3) is 0 Å². The molecule has 0 spiro atoms. The lowest BCUT2D eigenvalue weighted by Gasteiger charge is -2.10. The van der Waals surface area contributed by atoms with Crippen LogP contribution >= 0.6 is 0 Å². The van der Waals surface area contributed by atoms with Gasteiger partial charge in [0.15, 0.2) is 0 Å². The fourth-order valence-corrected chi connectivity index (χ4v) is 1.63. The fourth-order valence-electron chi connectivity index (χ4n) is 1.63. The molecule has 3 N–H and O–H groups in total. The van der Waals surface area contributed by atoms with Gasteiger partial charge in [-0.2, -0.15) is 0 Å². The van der Waals surface area contributed by atoms with E-state index in [0.29, 0.717) is 16.8 Å². The third-order valence-corrected chi connectivity index (χ3v) is 2.52. The van der Waals surface area contributed by atoms with Crippen LogP contribution in [0.3, 0.4) is 0 Å². The second kappa shape index (κ2) is 6.51. The molecule has 0 saturated carbocycles. The molecule has 0 aliphatic heterocycles. The molecule has 0 unspecified atom stereocenters. The Morgan fingerprint density at radius 1 is 1.15 bits per heavy atom. The zero-order valence-corrected chi connectivity index (χ0v) is 11.0. The zero-order chi connectivity index (χ0) is 15.3. The molecule has 0 fully saturated rings. The number of aryl methyl sites for hydroxylation is 2. The summed E-state index contributed by atoms with van der Waals surface area (Å²) in [5, 5.41) is 20.2. The summed E-state index contributed by atoms with van der Waals surface area (Å²) in [7, 11) is 0. The second-order valence-electron chi connectivity index (χ2n) is 4.14. The van der Waals surface area contributed by atoms with Gasteiger partial charge in [0.1, 0.15) is 5.82 Å². The highest BCUT2D eigenvalue weighted by Gasteiger charge is 2.07. The van der Waals surface area contributed by atoms with Gasteiger partial charge in [-0.15, -0.1) is 0 Å². The maximum absolute atomic E-state index is 13.1. The van der Waals surface area contributed by atoms with Crippen molar-refractivity contribution in [2.75, 3.05) is 5.32 Å². The van der Waals surface area contributed by atoms with Crippen molar-refractivity contribution in [3.05, 3.63) is 53.0 Å². The molecular formula is C14H14FNO4. The molecule has 0 aliphatic carbocycles. The molecular weight excluding hydrogens is 265 g/mol. The van der Waals surface area contributed by atoms with Gasteiger partial charge in [-0.25, -0.2) is 14.0 Å². The van der Waals surface area contributed by atoms with Gasteiger partial charge >= 0.3 is 11.9 Å². The summed E-state index contributed by atoms with van der Waals surface area (Å²) < 4.78 is 13.1. The molecule has 5 nitrogen and oxygen atoms in total.